The molecule has 0 atom stereocenters. The molecule has 2 aromatic rings. The third-order valence-corrected chi connectivity index (χ3v) is 4.21. The number of anilines is 1. The lowest BCUT2D eigenvalue weighted by molar-refractivity contribution is 0.338. The van der Waals surface area contributed by atoms with Crippen LogP contribution in [0.1, 0.15) is 44.9 Å². The van der Waals surface area contributed by atoms with E-state index < -0.39 is 0 Å². The Labute approximate surface area is 138 Å². The molecule has 1 aromatic heterocycles. The molecule has 3 rings (SSSR count). The average Bonchev–Trinajstić information content (AvgIpc) is 2.72. The lowest BCUT2D eigenvalue weighted by Crippen LogP contribution is -2.08. The van der Waals surface area contributed by atoms with E-state index in [1.807, 2.05) is 25.1 Å². The van der Waals surface area contributed by atoms with Gasteiger partial charge in [0, 0.05) is 12.1 Å². The Bertz CT molecular complexity index is 661. The van der Waals surface area contributed by atoms with E-state index in [4.69, 9.17) is 9.84 Å². The van der Waals surface area contributed by atoms with Gasteiger partial charge >= 0.3 is 0 Å². The Morgan fingerprint density at radius 3 is 2.87 bits per heavy atom. The summed E-state index contributed by atoms with van der Waals surface area (Å²) in [5.41, 5.74) is 3.65. The van der Waals surface area contributed by atoms with Crippen molar-refractivity contribution in [2.24, 2.45) is 5.92 Å². The largest absolute Gasteiger partial charge is 0.492 e. The Kier molecular flexibility index (Phi) is 4.89. The summed E-state index contributed by atoms with van der Waals surface area (Å²) in [5, 5.41) is 8.56. The summed E-state index contributed by atoms with van der Waals surface area (Å²) in [6.45, 7) is 8.19. The van der Waals surface area contributed by atoms with Crippen molar-refractivity contribution in [2.75, 3.05) is 18.5 Å². The maximum absolute atomic E-state index is 5.82. The maximum Gasteiger partial charge on any atom is 0.145 e. The molecule has 4 nitrogen and oxygen atoms in total. The number of ether oxygens (including phenoxy) is 1. The van der Waals surface area contributed by atoms with E-state index in [-0.39, 0.29) is 0 Å². The summed E-state index contributed by atoms with van der Waals surface area (Å²) >= 11 is 0. The van der Waals surface area contributed by atoms with Gasteiger partial charge in [0.2, 0.25) is 0 Å². The Balaban J connectivity index is 2.10. The number of aromatic nitrogens is 2. The highest BCUT2D eigenvalue weighted by molar-refractivity contribution is 5.58. The van der Waals surface area contributed by atoms with Crippen molar-refractivity contribution in [1.82, 2.24) is 9.78 Å². The third-order valence-electron chi connectivity index (χ3n) is 4.21. The highest BCUT2D eigenvalue weighted by atomic mass is 16.5. The topological polar surface area (TPSA) is 39.1 Å². The Morgan fingerprint density at radius 1 is 1.26 bits per heavy atom. The van der Waals surface area contributed by atoms with Crippen LogP contribution in [0.25, 0.3) is 5.69 Å². The van der Waals surface area contributed by atoms with E-state index in [0.717, 1.165) is 36.6 Å². The van der Waals surface area contributed by atoms with Crippen LogP contribution in [0.3, 0.4) is 0 Å². The van der Waals surface area contributed by atoms with Crippen molar-refractivity contribution in [3.8, 4) is 11.4 Å². The molecule has 1 aromatic carbocycles. The Hall–Kier alpha value is -1.97. The molecule has 0 amide bonds. The van der Waals surface area contributed by atoms with E-state index in [9.17, 15) is 0 Å². The fourth-order valence-corrected chi connectivity index (χ4v) is 3.21. The van der Waals surface area contributed by atoms with Gasteiger partial charge < -0.3 is 10.1 Å². The molecule has 0 fully saturated rings. The molecule has 23 heavy (non-hydrogen) atoms. The van der Waals surface area contributed by atoms with E-state index in [1.165, 1.54) is 24.1 Å². The van der Waals surface area contributed by atoms with E-state index in [1.54, 1.807) is 0 Å². The zero-order valence-electron chi connectivity index (χ0n) is 14.4. The molecule has 0 saturated carbocycles. The van der Waals surface area contributed by atoms with Crippen molar-refractivity contribution in [3.63, 3.8) is 0 Å². The summed E-state index contributed by atoms with van der Waals surface area (Å²) in [4.78, 5) is 0. The summed E-state index contributed by atoms with van der Waals surface area (Å²) in [6, 6.07) is 8.17. The first-order valence-electron chi connectivity index (χ1n) is 8.77. The van der Waals surface area contributed by atoms with Crippen LogP contribution in [0.15, 0.2) is 24.3 Å². The molecule has 2 heterocycles. The number of hydrogen-bond acceptors (Lipinski definition) is 3. The molecular formula is C19H27N3O. The molecule has 0 bridgehead atoms. The van der Waals surface area contributed by atoms with Crippen LogP contribution in [0.4, 0.5) is 5.82 Å². The van der Waals surface area contributed by atoms with Crippen LogP contribution in [0.2, 0.25) is 0 Å². The number of rotatable bonds is 5. The van der Waals surface area contributed by atoms with Crippen LogP contribution in [0.5, 0.6) is 5.75 Å². The van der Waals surface area contributed by atoms with E-state index in [2.05, 4.69) is 29.9 Å². The number of para-hydroxylation sites is 2. The predicted octanol–water partition coefficient (Wildman–Crippen LogP) is 4.22. The Morgan fingerprint density at radius 2 is 2.09 bits per heavy atom. The zero-order chi connectivity index (χ0) is 16.2. The second-order valence-electron chi connectivity index (χ2n) is 6.57. The quantitative estimate of drug-likeness (QED) is 0.898. The van der Waals surface area contributed by atoms with Crippen molar-refractivity contribution >= 4 is 5.82 Å². The second-order valence-corrected chi connectivity index (χ2v) is 6.57. The summed E-state index contributed by atoms with van der Waals surface area (Å²) in [5.74, 6) is 2.65. The first-order valence-corrected chi connectivity index (χ1v) is 8.77. The van der Waals surface area contributed by atoms with Crippen LogP contribution in [0, 0.1) is 5.92 Å². The summed E-state index contributed by atoms with van der Waals surface area (Å²) < 4.78 is 7.87. The van der Waals surface area contributed by atoms with E-state index >= 15 is 0 Å². The number of nitrogens with zero attached hydrogens (tertiary/aromatic N) is 2. The van der Waals surface area contributed by atoms with Crippen molar-refractivity contribution in [3.05, 3.63) is 35.5 Å². The number of nitrogens with one attached hydrogen (secondary N) is 1. The molecule has 1 aliphatic heterocycles. The minimum atomic E-state index is 0.604. The van der Waals surface area contributed by atoms with Crippen molar-refractivity contribution in [2.45, 2.75) is 46.5 Å². The van der Waals surface area contributed by atoms with Gasteiger partial charge in [-0.1, -0.05) is 26.0 Å². The van der Waals surface area contributed by atoms with Crippen molar-refractivity contribution < 1.29 is 4.74 Å². The molecule has 0 unspecified atom stereocenters. The molecule has 4 heteroatoms. The van der Waals surface area contributed by atoms with Gasteiger partial charge in [-0.3, -0.25) is 0 Å². The molecule has 0 radical (unpaired) electrons. The molecule has 0 spiro atoms. The minimum Gasteiger partial charge on any atom is -0.492 e. The van der Waals surface area contributed by atoms with Crippen LogP contribution in [-0.4, -0.2) is 22.9 Å². The van der Waals surface area contributed by atoms with Crippen LogP contribution in [-0.2, 0) is 12.8 Å². The standard InChI is InChI=1S/C19H27N3O/c1-4-23-18-11-6-5-10-17(18)22-19-15(9-7-8-12-20-19)16(21-22)13-14(2)3/h5-6,10-11,14,20H,4,7-9,12-13H2,1-3H3. The number of benzene rings is 1. The summed E-state index contributed by atoms with van der Waals surface area (Å²) in [7, 11) is 0. The number of fused-ring (bicyclic) bond motifs is 1. The predicted molar refractivity (Wildman–Crippen MR) is 94.7 cm³/mol. The van der Waals surface area contributed by atoms with Gasteiger partial charge in [-0.25, -0.2) is 4.68 Å². The molecule has 1 N–H and O–H groups in total. The summed E-state index contributed by atoms with van der Waals surface area (Å²) in [6.07, 6.45) is 4.57. The first-order chi connectivity index (χ1) is 11.2. The fraction of sp³-hybridized carbons (Fsp3) is 0.526. The molecule has 124 valence electrons. The molecular weight excluding hydrogens is 286 g/mol. The molecule has 0 aliphatic carbocycles. The highest BCUT2D eigenvalue weighted by Crippen LogP contribution is 2.32. The molecule has 0 saturated heterocycles. The van der Waals surface area contributed by atoms with Gasteiger partial charge in [-0.2, -0.15) is 5.10 Å². The van der Waals surface area contributed by atoms with Gasteiger partial charge in [0.15, 0.2) is 0 Å². The van der Waals surface area contributed by atoms with Gasteiger partial charge in [0.05, 0.1) is 12.3 Å². The van der Waals surface area contributed by atoms with Gasteiger partial charge in [0.1, 0.15) is 17.3 Å². The van der Waals surface area contributed by atoms with Crippen molar-refractivity contribution in [1.29, 1.82) is 0 Å². The minimum absolute atomic E-state index is 0.604. The van der Waals surface area contributed by atoms with Crippen LogP contribution < -0.4 is 10.1 Å². The zero-order valence-corrected chi connectivity index (χ0v) is 14.4. The second kappa shape index (κ2) is 7.07. The third kappa shape index (κ3) is 3.36. The van der Waals surface area contributed by atoms with Gasteiger partial charge in [-0.05, 0) is 50.7 Å². The SMILES string of the molecule is CCOc1ccccc1-n1nc(CC(C)C)c2c1NCCCC2. The highest BCUT2D eigenvalue weighted by Gasteiger charge is 2.22. The monoisotopic (exact) mass is 313 g/mol. The van der Waals surface area contributed by atoms with E-state index in [0.29, 0.717) is 12.5 Å². The maximum atomic E-state index is 5.82. The van der Waals surface area contributed by atoms with Gasteiger partial charge in [0.25, 0.3) is 0 Å². The van der Waals surface area contributed by atoms with Crippen LogP contribution >= 0.6 is 0 Å². The molecule has 1 aliphatic rings. The lowest BCUT2D eigenvalue weighted by Gasteiger charge is -2.13. The smallest absolute Gasteiger partial charge is 0.145 e. The average molecular weight is 313 g/mol. The fourth-order valence-electron chi connectivity index (χ4n) is 3.21. The first kappa shape index (κ1) is 15.9. The number of hydrogen-bond donors (Lipinski definition) is 1. The lowest BCUT2D eigenvalue weighted by atomic mass is 10.0. The normalized spacial score (nSPS) is 14.3. The van der Waals surface area contributed by atoms with Gasteiger partial charge in [-0.15, -0.1) is 0 Å².